The van der Waals surface area contributed by atoms with Gasteiger partial charge in [-0.1, -0.05) is 24.9 Å². The van der Waals surface area contributed by atoms with Crippen LogP contribution in [0.4, 0.5) is 0 Å². The first-order valence-corrected chi connectivity index (χ1v) is 6.83. The Balaban J connectivity index is 2.04. The summed E-state index contributed by atoms with van der Waals surface area (Å²) in [5.41, 5.74) is 6.04. The van der Waals surface area contributed by atoms with Gasteiger partial charge in [0.15, 0.2) is 5.82 Å². The summed E-state index contributed by atoms with van der Waals surface area (Å²) in [6.45, 7) is 5.34. The molecular weight excluding hydrogens is 230 g/mol. The van der Waals surface area contributed by atoms with Crippen LogP contribution in [-0.4, -0.2) is 22.8 Å². The third-order valence-corrected chi connectivity index (χ3v) is 3.82. The van der Waals surface area contributed by atoms with E-state index in [1.165, 1.54) is 12.8 Å². The lowest BCUT2D eigenvalue weighted by molar-refractivity contribution is 0.114. The second kappa shape index (κ2) is 5.80. The van der Waals surface area contributed by atoms with Gasteiger partial charge >= 0.3 is 0 Å². The van der Waals surface area contributed by atoms with Crippen molar-refractivity contribution in [2.75, 3.05) is 6.61 Å². The molecule has 1 aromatic heterocycles. The molecule has 2 N–H and O–H groups in total. The van der Waals surface area contributed by atoms with Crippen LogP contribution in [0.1, 0.15) is 57.7 Å². The quantitative estimate of drug-likeness (QED) is 0.814. The van der Waals surface area contributed by atoms with E-state index in [1.54, 1.807) is 0 Å². The van der Waals surface area contributed by atoms with Gasteiger partial charge in [0.2, 0.25) is 5.89 Å². The summed E-state index contributed by atoms with van der Waals surface area (Å²) >= 11 is 0. The predicted octanol–water partition coefficient (Wildman–Crippen LogP) is 2.16. The molecule has 18 heavy (non-hydrogen) atoms. The molecule has 0 amide bonds. The number of hydrogen-bond donors (Lipinski definition) is 1. The number of rotatable bonds is 5. The van der Waals surface area contributed by atoms with Gasteiger partial charge in [-0.3, -0.25) is 0 Å². The first-order valence-electron chi connectivity index (χ1n) is 6.83. The zero-order valence-corrected chi connectivity index (χ0v) is 11.3. The molecule has 2 rings (SSSR count). The van der Waals surface area contributed by atoms with E-state index in [0.717, 1.165) is 25.9 Å². The Morgan fingerprint density at radius 3 is 3.06 bits per heavy atom. The normalized spacial score (nSPS) is 28.5. The average Bonchev–Trinajstić information content (AvgIpc) is 2.83. The van der Waals surface area contributed by atoms with E-state index in [4.69, 9.17) is 15.0 Å². The second-order valence-electron chi connectivity index (χ2n) is 5.34. The molecule has 2 atom stereocenters. The molecule has 1 fully saturated rings. The van der Waals surface area contributed by atoms with E-state index in [9.17, 15) is 0 Å². The summed E-state index contributed by atoms with van der Waals surface area (Å²) < 4.78 is 10.8. The lowest BCUT2D eigenvalue weighted by Crippen LogP contribution is -2.45. The topological polar surface area (TPSA) is 74.2 Å². The highest BCUT2D eigenvalue weighted by Crippen LogP contribution is 2.37. The van der Waals surface area contributed by atoms with E-state index in [1.807, 2.05) is 0 Å². The van der Waals surface area contributed by atoms with E-state index in [0.29, 0.717) is 18.3 Å². The minimum absolute atomic E-state index is 0.108. The smallest absolute Gasteiger partial charge is 0.234 e. The summed E-state index contributed by atoms with van der Waals surface area (Å²) in [6.07, 6.45) is 5.41. The SMILES string of the molecule is CCCOCc1noc(C2(C)CCCCC2N)n1. The van der Waals surface area contributed by atoms with Crippen molar-refractivity contribution in [3.05, 3.63) is 11.7 Å². The van der Waals surface area contributed by atoms with Crippen LogP contribution in [0.15, 0.2) is 4.52 Å². The Morgan fingerprint density at radius 2 is 2.33 bits per heavy atom. The van der Waals surface area contributed by atoms with Crippen molar-refractivity contribution >= 4 is 0 Å². The maximum Gasteiger partial charge on any atom is 0.234 e. The summed E-state index contributed by atoms with van der Waals surface area (Å²) in [5, 5.41) is 3.98. The zero-order chi connectivity index (χ0) is 13.0. The van der Waals surface area contributed by atoms with E-state index in [2.05, 4.69) is 24.0 Å². The predicted molar refractivity (Wildman–Crippen MR) is 68.0 cm³/mol. The standard InChI is InChI=1S/C13H23N3O2/c1-3-8-17-9-11-15-12(18-16-11)13(2)7-5-4-6-10(13)14/h10H,3-9,14H2,1-2H3. The van der Waals surface area contributed by atoms with Crippen LogP contribution in [0.5, 0.6) is 0 Å². The molecule has 0 aliphatic heterocycles. The molecule has 102 valence electrons. The van der Waals surface area contributed by atoms with Crippen LogP contribution in [0.2, 0.25) is 0 Å². The Hall–Kier alpha value is -0.940. The second-order valence-corrected chi connectivity index (χ2v) is 5.34. The summed E-state index contributed by atoms with van der Waals surface area (Å²) in [6, 6.07) is 0.108. The van der Waals surface area contributed by atoms with Gasteiger partial charge in [-0.05, 0) is 26.2 Å². The van der Waals surface area contributed by atoms with Gasteiger partial charge in [0, 0.05) is 12.6 Å². The van der Waals surface area contributed by atoms with E-state index < -0.39 is 0 Å². The molecule has 0 aromatic carbocycles. The highest BCUT2D eigenvalue weighted by atomic mass is 16.5. The van der Waals surface area contributed by atoms with Gasteiger partial charge in [-0.15, -0.1) is 0 Å². The van der Waals surface area contributed by atoms with E-state index in [-0.39, 0.29) is 11.5 Å². The number of nitrogens with two attached hydrogens (primary N) is 1. The van der Waals surface area contributed by atoms with Gasteiger partial charge in [-0.25, -0.2) is 0 Å². The van der Waals surface area contributed by atoms with Gasteiger partial charge in [-0.2, -0.15) is 4.98 Å². The molecule has 0 bridgehead atoms. The van der Waals surface area contributed by atoms with Crippen molar-refractivity contribution in [3.63, 3.8) is 0 Å². The molecule has 0 spiro atoms. The van der Waals surface area contributed by atoms with Crippen molar-refractivity contribution in [3.8, 4) is 0 Å². The number of nitrogens with zero attached hydrogens (tertiary/aromatic N) is 2. The molecule has 5 nitrogen and oxygen atoms in total. The molecule has 1 aliphatic rings. The van der Waals surface area contributed by atoms with Crippen molar-refractivity contribution in [2.45, 2.75) is 64.0 Å². The zero-order valence-electron chi connectivity index (χ0n) is 11.3. The molecule has 1 aromatic rings. The fourth-order valence-corrected chi connectivity index (χ4v) is 2.48. The minimum Gasteiger partial charge on any atom is -0.373 e. The minimum atomic E-state index is -0.172. The summed E-state index contributed by atoms with van der Waals surface area (Å²) in [5.74, 6) is 1.29. The monoisotopic (exact) mass is 253 g/mol. The molecule has 1 heterocycles. The Bertz CT molecular complexity index is 380. The Labute approximate surface area is 108 Å². The maximum atomic E-state index is 6.22. The summed E-state index contributed by atoms with van der Waals surface area (Å²) in [4.78, 5) is 4.45. The van der Waals surface area contributed by atoms with Gasteiger partial charge in [0.1, 0.15) is 6.61 Å². The van der Waals surface area contributed by atoms with Crippen LogP contribution < -0.4 is 5.73 Å². The first-order chi connectivity index (χ1) is 8.66. The lowest BCUT2D eigenvalue weighted by Gasteiger charge is -2.35. The summed E-state index contributed by atoms with van der Waals surface area (Å²) in [7, 11) is 0. The highest BCUT2D eigenvalue weighted by molar-refractivity contribution is 5.10. The van der Waals surface area contributed by atoms with Crippen molar-refractivity contribution in [1.29, 1.82) is 0 Å². The van der Waals surface area contributed by atoms with Crippen LogP contribution in [0, 0.1) is 0 Å². The number of ether oxygens (including phenoxy) is 1. The first kappa shape index (κ1) is 13.5. The molecule has 5 heteroatoms. The molecule has 1 aliphatic carbocycles. The Morgan fingerprint density at radius 1 is 1.50 bits per heavy atom. The molecular formula is C13H23N3O2. The van der Waals surface area contributed by atoms with Gasteiger partial charge in [0.05, 0.1) is 5.41 Å². The molecule has 0 radical (unpaired) electrons. The van der Waals surface area contributed by atoms with Crippen LogP contribution >= 0.6 is 0 Å². The number of aromatic nitrogens is 2. The maximum absolute atomic E-state index is 6.22. The number of hydrogen-bond acceptors (Lipinski definition) is 5. The largest absolute Gasteiger partial charge is 0.373 e. The van der Waals surface area contributed by atoms with Crippen molar-refractivity contribution in [1.82, 2.24) is 10.1 Å². The molecule has 2 unspecified atom stereocenters. The van der Waals surface area contributed by atoms with Crippen LogP contribution in [-0.2, 0) is 16.8 Å². The molecule has 0 saturated heterocycles. The third-order valence-electron chi connectivity index (χ3n) is 3.82. The average molecular weight is 253 g/mol. The third kappa shape index (κ3) is 2.72. The van der Waals surface area contributed by atoms with Crippen LogP contribution in [0.3, 0.4) is 0 Å². The highest BCUT2D eigenvalue weighted by Gasteiger charge is 2.40. The Kier molecular flexibility index (Phi) is 4.35. The fourth-order valence-electron chi connectivity index (χ4n) is 2.48. The van der Waals surface area contributed by atoms with Crippen molar-refractivity contribution in [2.24, 2.45) is 5.73 Å². The van der Waals surface area contributed by atoms with Gasteiger partial charge in [0.25, 0.3) is 0 Å². The van der Waals surface area contributed by atoms with Crippen molar-refractivity contribution < 1.29 is 9.26 Å². The lowest BCUT2D eigenvalue weighted by atomic mass is 9.72. The van der Waals surface area contributed by atoms with Crippen LogP contribution in [0.25, 0.3) is 0 Å². The van der Waals surface area contributed by atoms with Gasteiger partial charge < -0.3 is 15.0 Å². The fraction of sp³-hybridized carbons (Fsp3) is 0.846. The van der Waals surface area contributed by atoms with E-state index >= 15 is 0 Å². The molecule has 1 saturated carbocycles.